The lowest BCUT2D eigenvalue weighted by Crippen LogP contribution is -2.52. The minimum atomic E-state index is -4.38. The van der Waals surface area contributed by atoms with Crippen LogP contribution in [0.25, 0.3) is 0 Å². The number of nitrogens with one attached hydrogen (secondary N) is 1. The summed E-state index contributed by atoms with van der Waals surface area (Å²) < 4.78 is 47.7. The minimum absolute atomic E-state index is 0.247. The smallest absolute Gasteiger partial charge is 0.348 e. The maximum atomic E-state index is 12.1. The zero-order valence-electron chi connectivity index (χ0n) is 12.9. The third-order valence-electron chi connectivity index (χ3n) is 4.52. The molecule has 0 unspecified atom stereocenters. The van der Waals surface area contributed by atoms with E-state index in [4.69, 9.17) is 9.47 Å². The highest BCUT2D eigenvalue weighted by Gasteiger charge is 2.42. The van der Waals surface area contributed by atoms with Crippen molar-refractivity contribution in [1.29, 1.82) is 0 Å². The summed E-state index contributed by atoms with van der Waals surface area (Å²) in [4.78, 5) is 13.7. The summed E-state index contributed by atoms with van der Waals surface area (Å²) in [5.74, 6) is -0.902. The largest absolute Gasteiger partial charge is 0.405 e. The molecule has 2 aliphatic rings. The molecule has 128 valence electrons. The molecule has 0 bridgehead atoms. The molecule has 0 aromatic carbocycles. The Morgan fingerprint density at radius 1 is 1.32 bits per heavy atom. The van der Waals surface area contributed by atoms with Crippen molar-refractivity contribution in [3.8, 4) is 0 Å². The normalized spacial score (nSPS) is 25.1. The Balaban J connectivity index is 1.79. The first kappa shape index (κ1) is 17.5. The molecular weight excluding hydrogens is 301 g/mol. The molecule has 0 spiro atoms. The predicted octanol–water partition coefficient (Wildman–Crippen LogP) is 1.53. The number of hydrogen-bond acceptors (Lipinski definition) is 4. The van der Waals surface area contributed by atoms with E-state index in [1.807, 2.05) is 17.1 Å². The molecule has 0 radical (unpaired) electrons. The lowest BCUT2D eigenvalue weighted by atomic mass is 9.88. The van der Waals surface area contributed by atoms with E-state index in [9.17, 15) is 18.0 Å². The van der Waals surface area contributed by atoms with Gasteiger partial charge < -0.3 is 14.8 Å². The molecule has 1 amide bonds. The maximum Gasteiger partial charge on any atom is 0.405 e. The van der Waals surface area contributed by atoms with Gasteiger partial charge in [-0.15, -0.1) is 0 Å². The van der Waals surface area contributed by atoms with Gasteiger partial charge in [0.25, 0.3) is 0 Å². The number of carbonyl (C=O) groups is 1. The Hall–Kier alpha value is -0.860. The summed E-state index contributed by atoms with van der Waals surface area (Å²) in [6.07, 6.45) is -2.78. The number of carbonyl (C=O) groups excluding carboxylic acids is 1. The number of rotatable bonds is 4. The van der Waals surface area contributed by atoms with Gasteiger partial charge in [0.1, 0.15) is 6.54 Å². The maximum absolute atomic E-state index is 12.1. The van der Waals surface area contributed by atoms with Crippen molar-refractivity contribution in [3.63, 3.8) is 0 Å². The van der Waals surface area contributed by atoms with E-state index < -0.39 is 30.5 Å². The average molecular weight is 324 g/mol. The van der Waals surface area contributed by atoms with Crippen molar-refractivity contribution >= 4 is 5.91 Å². The first-order valence-electron chi connectivity index (χ1n) is 7.58. The summed E-state index contributed by atoms with van der Waals surface area (Å²) in [7, 11) is 0. The van der Waals surface area contributed by atoms with E-state index >= 15 is 0 Å². The van der Waals surface area contributed by atoms with Crippen LogP contribution in [0.1, 0.15) is 26.7 Å². The van der Waals surface area contributed by atoms with Gasteiger partial charge in [0, 0.05) is 5.92 Å². The summed E-state index contributed by atoms with van der Waals surface area (Å²) in [5.41, 5.74) is 0. The molecule has 2 fully saturated rings. The molecule has 1 N–H and O–H groups in total. The number of amides is 1. The van der Waals surface area contributed by atoms with Gasteiger partial charge in [-0.3, -0.25) is 9.69 Å². The van der Waals surface area contributed by atoms with Crippen molar-refractivity contribution in [2.75, 3.05) is 32.8 Å². The fourth-order valence-electron chi connectivity index (χ4n) is 3.08. The molecule has 8 heteroatoms. The first-order valence-corrected chi connectivity index (χ1v) is 7.58. The van der Waals surface area contributed by atoms with E-state index in [-0.39, 0.29) is 5.92 Å². The van der Waals surface area contributed by atoms with E-state index in [2.05, 4.69) is 0 Å². The molecule has 0 saturated carbocycles. The highest BCUT2D eigenvalue weighted by Crippen LogP contribution is 2.35. The van der Waals surface area contributed by atoms with Crippen molar-refractivity contribution in [2.24, 2.45) is 5.92 Å². The van der Waals surface area contributed by atoms with Crippen LogP contribution in [-0.4, -0.2) is 61.7 Å². The van der Waals surface area contributed by atoms with Gasteiger partial charge in [-0.1, -0.05) is 0 Å². The van der Waals surface area contributed by atoms with Crippen LogP contribution >= 0.6 is 0 Å². The number of hydrogen-bond donors (Lipinski definition) is 1. The van der Waals surface area contributed by atoms with Crippen LogP contribution < -0.4 is 5.32 Å². The Labute approximate surface area is 128 Å². The number of piperidine rings is 1. The third-order valence-corrected chi connectivity index (χ3v) is 4.52. The standard InChI is InChI=1S/C14H23F3N2O3/c1-10(12(20)18-9-14(15,16)17)19-5-3-11(4-6-19)13(2)21-7-8-22-13/h10-11H,3-9H2,1-2H3,(H,18,20)/t10-/m0/s1. The summed E-state index contributed by atoms with van der Waals surface area (Å²) in [5, 5.41) is 1.94. The van der Waals surface area contributed by atoms with Gasteiger partial charge in [0.05, 0.1) is 19.3 Å². The van der Waals surface area contributed by atoms with Gasteiger partial charge in [-0.2, -0.15) is 13.2 Å². The topological polar surface area (TPSA) is 50.8 Å². The molecule has 0 aliphatic carbocycles. The van der Waals surface area contributed by atoms with Crippen LogP contribution in [0.4, 0.5) is 13.2 Å². The zero-order valence-corrected chi connectivity index (χ0v) is 12.9. The number of alkyl halides is 3. The van der Waals surface area contributed by atoms with Gasteiger partial charge in [0.15, 0.2) is 5.79 Å². The number of nitrogens with zero attached hydrogens (tertiary/aromatic N) is 1. The van der Waals surface area contributed by atoms with E-state index in [0.29, 0.717) is 26.3 Å². The predicted molar refractivity (Wildman–Crippen MR) is 73.1 cm³/mol. The fraction of sp³-hybridized carbons (Fsp3) is 0.929. The van der Waals surface area contributed by atoms with Crippen LogP contribution in [0.5, 0.6) is 0 Å². The molecule has 0 aromatic heterocycles. The molecule has 2 heterocycles. The Morgan fingerprint density at radius 3 is 2.36 bits per heavy atom. The lowest BCUT2D eigenvalue weighted by Gasteiger charge is -2.40. The molecule has 2 rings (SSSR count). The van der Waals surface area contributed by atoms with Gasteiger partial charge in [-0.25, -0.2) is 0 Å². The van der Waals surface area contributed by atoms with Crippen LogP contribution in [-0.2, 0) is 14.3 Å². The highest BCUT2D eigenvalue weighted by molar-refractivity contribution is 5.81. The number of likely N-dealkylation sites (tertiary alicyclic amines) is 1. The summed E-state index contributed by atoms with van der Waals surface area (Å²) in [6, 6.07) is -0.568. The number of ether oxygens (including phenoxy) is 2. The molecular formula is C14H23F3N2O3. The first-order chi connectivity index (χ1) is 10.2. The summed E-state index contributed by atoms with van der Waals surface area (Å²) in [6.45, 7) is 4.75. The molecule has 0 aromatic rings. The SMILES string of the molecule is C[C@@H](C(=O)NCC(F)(F)F)N1CCC(C2(C)OCCO2)CC1. The quantitative estimate of drug-likeness (QED) is 0.852. The Kier molecular flexibility index (Phi) is 5.34. The van der Waals surface area contributed by atoms with Crippen LogP contribution in [0, 0.1) is 5.92 Å². The Bertz CT molecular complexity index is 389. The fourth-order valence-corrected chi connectivity index (χ4v) is 3.08. The minimum Gasteiger partial charge on any atom is -0.348 e. The average Bonchev–Trinajstić information content (AvgIpc) is 2.91. The monoisotopic (exact) mass is 324 g/mol. The van der Waals surface area contributed by atoms with Gasteiger partial charge >= 0.3 is 6.18 Å². The van der Waals surface area contributed by atoms with E-state index in [0.717, 1.165) is 12.8 Å². The molecule has 5 nitrogen and oxygen atoms in total. The second-order valence-corrected chi connectivity index (χ2v) is 6.03. The van der Waals surface area contributed by atoms with Crippen molar-refractivity contribution in [1.82, 2.24) is 10.2 Å². The molecule has 2 aliphatic heterocycles. The summed E-state index contributed by atoms with van der Waals surface area (Å²) >= 11 is 0. The van der Waals surface area contributed by atoms with Crippen LogP contribution in [0.15, 0.2) is 0 Å². The van der Waals surface area contributed by atoms with Crippen molar-refractivity contribution in [2.45, 2.75) is 44.7 Å². The zero-order chi connectivity index (χ0) is 16.4. The Morgan fingerprint density at radius 2 is 1.86 bits per heavy atom. The molecule has 1 atom stereocenters. The van der Waals surface area contributed by atoms with Gasteiger partial charge in [-0.05, 0) is 39.8 Å². The van der Waals surface area contributed by atoms with Gasteiger partial charge in [0.2, 0.25) is 5.91 Å². The third kappa shape index (κ3) is 4.33. The number of halogens is 3. The van der Waals surface area contributed by atoms with E-state index in [1.165, 1.54) is 0 Å². The highest BCUT2D eigenvalue weighted by atomic mass is 19.4. The van der Waals surface area contributed by atoms with E-state index in [1.54, 1.807) is 6.92 Å². The second-order valence-electron chi connectivity index (χ2n) is 6.03. The van der Waals surface area contributed by atoms with Crippen molar-refractivity contribution in [3.05, 3.63) is 0 Å². The van der Waals surface area contributed by atoms with Crippen molar-refractivity contribution < 1.29 is 27.4 Å². The second kappa shape index (κ2) is 6.72. The lowest BCUT2D eigenvalue weighted by molar-refractivity contribution is -0.191. The van der Waals surface area contributed by atoms with Crippen LogP contribution in [0.3, 0.4) is 0 Å². The molecule has 2 saturated heterocycles. The molecule has 22 heavy (non-hydrogen) atoms. The van der Waals surface area contributed by atoms with Crippen LogP contribution in [0.2, 0.25) is 0 Å².